The van der Waals surface area contributed by atoms with Gasteiger partial charge in [0.15, 0.2) is 11.5 Å². The maximum absolute atomic E-state index is 12.7. The van der Waals surface area contributed by atoms with Crippen LogP contribution in [0.4, 0.5) is 0 Å². The van der Waals surface area contributed by atoms with Gasteiger partial charge in [-0.3, -0.25) is 4.79 Å². The molecule has 1 aromatic rings. The van der Waals surface area contributed by atoms with Crippen molar-refractivity contribution in [2.75, 3.05) is 26.1 Å². The number of fused-ring (bicyclic) bond motifs is 1. The molecule has 138 valence electrons. The van der Waals surface area contributed by atoms with E-state index < -0.39 is 10.0 Å². The standard InChI is InChI=1S/C17H24N2O5S/c1-11(2)13-8-19(9-14(13)18-25(3,21)22)17(20)7-12-4-5-15-16(6-12)24-10-23-15/h4-6,11,13-14,18H,7-10H2,1-3H3. The first-order valence-electron chi connectivity index (χ1n) is 8.36. The van der Waals surface area contributed by atoms with Crippen molar-refractivity contribution in [3.8, 4) is 11.5 Å². The number of hydrogen-bond acceptors (Lipinski definition) is 5. The number of sulfonamides is 1. The van der Waals surface area contributed by atoms with Gasteiger partial charge in [-0.15, -0.1) is 0 Å². The van der Waals surface area contributed by atoms with Crippen LogP contribution in [0.5, 0.6) is 11.5 Å². The number of rotatable bonds is 5. The highest BCUT2D eigenvalue weighted by Gasteiger charge is 2.38. The second-order valence-electron chi connectivity index (χ2n) is 7.07. The zero-order valence-electron chi connectivity index (χ0n) is 14.7. The van der Waals surface area contributed by atoms with Crippen LogP contribution in [0.25, 0.3) is 0 Å². The fourth-order valence-corrected chi connectivity index (χ4v) is 4.24. The van der Waals surface area contributed by atoms with Crippen LogP contribution in [-0.4, -0.2) is 51.4 Å². The van der Waals surface area contributed by atoms with E-state index in [2.05, 4.69) is 4.72 Å². The summed E-state index contributed by atoms with van der Waals surface area (Å²) in [6.45, 7) is 5.27. The summed E-state index contributed by atoms with van der Waals surface area (Å²) in [5, 5.41) is 0. The third kappa shape index (κ3) is 4.24. The fourth-order valence-electron chi connectivity index (χ4n) is 3.45. The number of carbonyl (C=O) groups excluding carboxylic acids is 1. The van der Waals surface area contributed by atoms with E-state index in [0.717, 1.165) is 11.8 Å². The molecule has 2 atom stereocenters. The molecule has 8 heteroatoms. The smallest absolute Gasteiger partial charge is 0.231 e. The average Bonchev–Trinajstić information content (AvgIpc) is 3.11. The van der Waals surface area contributed by atoms with E-state index in [1.807, 2.05) is 26.0 Å². The van der Waals surface area contributed by atoms with Gasteiger partial charge in [0.2, 0.25) is 22.7 Å². The monoisotopic (exact) mass is 368 g/mol. The highest BCUT2D eigenvalue weighted by atomic mass is 32.2. The van der Waals surface area contributed by atoms with E-state index in [-0.39, 0.29) is 37.0 Å². The maximum Gasteiger partial charge on any atom is 0.231 e. The molecular weight excluding hydrogens is 344 g/mol. The van der Waals surface area contributed by atoms with E-state index in [1.165, 1.54) is 0 Å². The molecule has 25 heavy (non-hydrogen) atoms. The fraction of sp³-hybridized carbons (Fsp3) is 0.588. The topological polar surface area (TPSA) is 84.9 Å². The van der Waals surface area contributed by atoms with Gasteiger partial charge in [0.05, 0.1) is 12.7 Å². The Labute approximate surface area is 148 Å². The molecule has 0 aromatic heterocycles. The summed E-state index contributed by atoms with van der Waals surface area (Å²) >= 11 is 0. The Kier molecular flexibility index (Phi) is 4.92. The Hall–Kier alpha value is -1.80. The molecule has 2 unspecified atom stereocenters. The maximum atomic E-state index is 12.7. The van der Waals surface area contributed by atoms with Gasteiger partial charge >= 0.3 is 0 Å². The molecule has 0 aliphatic carbocycles. The van der Waals surface area contributed by atoms with Gasteiger partial charge in [0.1, 0.15) is 0 Å². The number of likely N-dealkylation sites (tertiary alicyclic amines) is 1. The number of ether oxygens (including phenoxy) is 2. The second-order valence-corrected chi connectivity index (χ2v) is 8.85. The summed E-state index contributed by atoms with van der Waals surface area (Å²) in [5.41, 5.74) is 0.856. The summed E-state index contributed by atoms with van der Waals surface area (Å²) in [4.78, 5) is 14.4. The predicted octanol–water partition coefficient (Wildman–Crippen LogP) is 0.990. The normalized spacial score (nSPS) is 22.6. The van der Waals surface area contributed by atoms with Crippen LogP contribution in [0, 0.1) is 11.8 Å². The van der Waals surface area contributed by atoms with E-state index in [0.29, 0.717) is 24.6 Å². The molecule has 7 nitrogen and oxygen atoms in total. The zero-order chi connectivity index (χ0) is 18.2. The van der Waals surface area contributed by atoms with Crippen molar-refractivity contribution in [3.63, 3.8) is 0 Å². The number of nitrogens with zero attached hydrogens (tertiary/aromatic N) is 1. The van der Waals surface area contributed by atoms with Gasteiger partial charge in [-0.1, -0.05) is 19.9 Å². The molecule has 0 radical (unpaired) electrons. The van der Waals surface area contributed by atoms with E-state index in [9.17, 15) is 13.2 Å². The van der Waals surface area contributed by atoms with Gasteiger partial charge in [0.25, 0.3) is 0 Å². The number of amides is 1. The van der Waals surface area contributed by atoms with Crippen molar-refractivity contribution in [1.29, 1.82) is 0 Å². The number of hydrogen-bond donors (Lipinski definition) is 1. The SMILES string of the molecule is CC(C)C1CN(C(=O)Cc2ccc3c(c2)OCO3)CC1NS(C)(=O)=O. The Bertz CT molecular complexity index is 762. The number of carbonyl (C=O) groups is 1. The van der Waals surface area contributed by atoms with E-state index >= 15 is 0 Å². The third-order valence-electron chi connectivity index (χ3n) is 4.73. The van der Waals surface area contributed by atoms with Crippen LogP contribution in [-0.2, 0) is 21.2 Å². The van der Waals surface area contributed by atoms with Gasteiger partial charge in [0, 0.05) is 19.1 Å². The molecule has 1 amide bonds. The quantitative estimate of drug-likeness (QED) is 0.838. The molecule has 3 rings (SSSR count). The molecular formula is C17H24N2O5S. The number of nitrogens with one attached hydrogen (secondary N) is 1. The summed E-state index contributed by atoms with van der Waals surface area (Å²) < 4.78 is 36.5. The summed E-state index contributed by atoms with van der Waals surface area (Å²) in [5.74, 6) is 1.72. The van der Waals surface area contributed by atoms with Crippen molar-refractivity contribution >= 4 is 15.9 Å². The molecule has 0 bridgehead atoms. The number of benzene rings is 1. The molecule has 2 aliphatic rings. The third-order valence-corrected chi connectivity index (χ3v) is 5.46. The van der Waals surface area contributed by atoms with Gasteiger partial charge in [-0.25, -0.2) is 13.1 Å². The molecule has 1 aromatic carbocycles. The first kappa shape index (κ1) is 18.0. The Morgan fingerprint density at radius 1 is 1.28 bits per heavy atom. The van der Waals surface area contributed by atoms with E-state index in [1.54, 1.807) is 11.0 Å². The van der Waals surface area contributed by atoms with Crippen molar-refractivity contribution < 1.29 is 22.7 Å². The van der Waals surface area contributed by atoms with Crippen LogP contribution in [0.2, 0.25) is 0 Å². The van der Waals surface area contributed by atoms with Gasteiger partial charge in [-0.2, -0.15) is 0 Å². The summed E-state index contributed by atoms with van der Waals surface area (Å²) in [7, 11) is -3.31. The van der Waals surface area contributed by atoms with Crippen LogP contribution in [0.3, 0.4) is 0 Å². The van der Waals surface area contributed by atoms with Crippen LogP contribution < -0.4 is 14.2 Å². The van der Waals surface area contributed by atoms with Crippen molar-refractivity contribution in [3.05, 3.63) is 23.8 Å². The van der Waals surface area contributed by atoms with Crippen LogP contribution in [0.1, 0.15) is 19.4 Å². The molecule has 0 spiro atoms. The van der Waals surface area contributed by atoms with Crippen molar-refractivity contribution in [2.45, 2.75) is 26.3 Å². The minimum atomic E-state index is -3.31. The Balaban J connectivity index is 1.68. The minimum Gasteiger partial charge on any atom is -0.454 e. The molecule has 1 N–H and O–H groups in total. The highest BCUT2D eigenvalue weighted by molar-refractivity contribution is 7.88. The van der Waals surface area contributed by atoms with Gasteiger partial charge in [-0.05, 0) is 29.5 Å². The Morgan fingerprint density at radius 2 is 2.00 bits per heavy atom. The lowest BCUT2D eigenvalue weighted by Gasteiger charge is -2.21. The predicted molar refractivity (Wildman–Crippen MR) is 92.9 cm³/mol. The lowest BCUT2D eigenvalue weighted by atomic mass is 9.92. The molecule has 1 fully saturated rings. The summed E-state index contributed by atoms with van der Waals surface area (Å²) in [6, 6.07) is 5.24. The zero-order valence-corrected chi connectivity index (χ0v) is 15.5. The largest absolute Gasteiger partial charge is 0.454 e. The lowest BCUT2D eigenvalue weighted by Crippen LogP contribution is -2.41. The van der Waals surface area contributed by atoms with Crippen molar-refractivity contribution in [2.24, 2.45) is 11.8 Å². The van der Waals surface area contributed by atoms with Crippen LogP contribution in [0.15, 0.2) is 18.2 Å². The molecule has 1 saturated heterocycles. The average molecular weight is 368 g/mol. The lowest BCUT2D eigenvalue weighted by molar-refractivity contribution is -0.129. The summed E-state index contributed by atoms with van der Waals surface area (Å²) in [6.07, 6.45) is 1.41. The van der Waals surface area contributed by atoms with Crippen molar-refractivity contribution in [1.82, 2.24) is 9.62 Å². The second kappa shape index (κ2) is 6.84. The van der Waals surface area contributed by atoms with Crippen LogP contribution >= 0.6 is 0 Å². The minimum absolute atomic E-state index is 0.0117. The molecule has 2 aliphatic heterocycles. The molecule has 0 saturated carbocycles. The Morgan fingerprint density at radius 3 is 2.68 bits per heavy atom. The van der Waals surface area contributed by atoms with E-state index in [4.69, 9.17) is 9.47 Å². The molecule has 2 heterocycles. The highest BCUT2D eigenvalue weighted by Crippen LogP contribution is 2.33. The first-order valence-corrected chi connectivity index (χ1v) is 10.3. The first-order chi connectivity index (χ1) is 11.7. The van der Waals surface area contributed by atoms with Gasteiger partial charge < -0.3 is 14.4 Å².